The Kier molecular flexibility index (Phi) is 9.80. The van der Waals surface area contributed by atoms with Gasteiger partial charge in [-0.05, 0) is 55.7 Å². The van der Waals surface area contributed by atoms with Crippen LogP contribution in [0.4, 0.5) is 14.5 Å². The van der Waals surface area contributed by atoms with Crippen LogP contribution in [0, 0.1) is 11.6 Å². The molecule has 6 nitrogen and oxygen atoms in total. The van der Waals surface area contributed by atoms with Gasteiger partial charge in [0.25, 0.3) is 0 Å². The molecule has 34 heavy (non-hydrogen) atoms. The van der Waals surface area contributed by atoms with E-state index in [4.69, 9.17) is 4.74 Å². The summed E-state index contributed by atoms with van der Waals surface area (Å²) in [5.74, 6) is -1.72. The molecule has 1 fully saturated rings. The summed E-state index contributed by atoms with van der Waals surface area (Å²) in [6.45, 7) is 8.87. The highest BCUT2D eigenvalue weighted by molar-refractivity contribution is 5.82. The third kappa shape index (κ3) is 6.98. The molecule has 2 aromatic rings. The second-order valence-electron chi connectivity index (χ2n) is 8.63. The van der Waals surface area contributed by atoms with Crippen molar-refractivity contribution in [3.05, 3.63) is 65.2 Å². The highest BCUT2D eigenvalue weighted by Crippen LogP contribution is 2.23. The summed E-state index contributed by atoms with van der Waals surface area (Å²) in [7, 11) is 1.61. The van der Waals surface area contributed by atoms with Gasteiger partial charge in [-0.3, -0.25) is 9.69 Å². The summed E-state index contributed by atoms with van der Waals surface area (Å²) < 4.78 is 31.8. The number of ether oxygens (including phenoxy) is 1. The molecule has 186 valence electrons. The average Bonchev–Trinajstić information content (AvgIpc) is 3.24. The number of halogens is 2. The molecule has 2 aromatic carbocycles. The van der Waals surface area contributed by atoms with Gasteiger partial charge in [0, 0.05) is 58.1 Å². The molecule has 0 spiro atoms. The van der Waals surface area contributed by atoms with Gasteiger partial charge < -0.3 is 20.3 Å². The zero-order valence-electron chi connectivity index (χ0n) is 20.3. The Labute approximate surface area is 201 Å². The number of carbonyl (C=O) groups is 1. The van der Waals surface area contributed by atoms with Gasteiger partial charge in [0.1, 0.15) is 0 Å². The molecule has 1 heterocycles. The fourth-order valence-electron chi connectivity index (χ4n) is 4.44. The first-order valence-electron chi connectivity index (χ1n) is 12.0. The van der Waals surface area contributed by atoms with Crippen molar-refractivity contribution in [2.45, 2.75) is 45.4 Å². The van der Waals surface area contributed by atoms with Crippen LogP contribution < -0.4 is 15.5 Å². The van der Waals surface area contributed by atoms with Gasteiger partial charge in [0.15, 0.2) is 11.6 Å². The number of hydrogen-bond donors (Lipinski definition) is 2. The van der Waals surface area contributed by atoms with Crippen LogP contribution in [0.3, 0.4) is 0 Å². The second kappa shape index (κ2) is 12.8. The van der Waals surface area contributed by atoms with E-state index in [1.165, 1.54) is 11.8 Å². The highest BCUT2D eigenvalue weighted by Gasteiger charge is 2.36. The fraction of sp³-hybridized carbons (Fsp3) is 0.500. The standard InChI is InChI=1S/C26H36F2N4O2/c1-4-31(5-2)22-9-6-19(7-10-22)17-32-18-21(15-25(32)26(33)29-12-13-34-3)30-16-20-8-11-23(27)24(28)14-20/h6-11,14,21,25,30H,4-5,12-13,15-18H2,1-3H3,(H,29,33)/t21-,25-/m0/s1. The zero-order valence-corrected chi connectivity index (χ0v) is 20.3. The van der Waals surface area contributed by atoms with Crippen LogP contribution in [0.25, 0.3) is 0 Å². The van der Waals surface area contributed by atoms with Gasteiger partial charge in [0.2, 0.25) is 5.91 Å². The number of likely N-dealkylation sites (tertiary alicyclic amines) is 1. The Bertz CT molecular complexity index is 922. The van der Waals surface area contributed by atoms with Gasteiger partial charge in [-0.15, -0.1) is 0 Å². The summed E-state index contributed by atoms with van der Waals surface area (Å²) in [5, 5.41) is 6.37. The maximum atomic E-state index is 13.5. The van der Waals surface area contributed by atoms with E-state index < -0.39 is 11.6 Å². The Balaban J connectivity index is 1.66. The molecule has 3 rings (SSSR count). The molecule has 1 saturated heterocycles. The van der Waals surface area contributed by atoms with Crippen molar-refractivity contribution in [2.24, 2.45) is 0 Å². The van der Waals surface area contributed by atoms with E-state index in [9.17, 15) is 13.6 Å². The first-order valence-corrected chi connectivity index (χ1v) is 12.0. The van der Waals surface area contributed by atoms with Crippen LogP contribution in [0.5, 0.6) is 0 Å². The van der Waals surface area contributed by atoms with Crippen molar-refractivity contribution < 1.29 is 18.3 Å². The minimum atomic E-state index is -0.851. The number of hydrogen-bond acceptors (Lipinski definition) is 5. The molecule has 0 aromatic heterocycles. The number of nitrogens with one attached hydrogen (secondary N) is 2. The van der Waals surface area contributed by atoms with Gasteiger partial charge in [-0.1, -0.05) is 18.2 Å². The summed E-state index contributed by atoms with van der Waals surface area (Å²) in [6.07, 6.45) is 0.639. The van der Waals surface area contributed by atoms with E-state index in [1.54, 1.807) is 13.2 Å². The lowest BCUT2D eigenvalue weighted by molar-refractivity contribution is -0.125. The first-order chi connectivity index (χ1) is 16.4. The Morgan fingerprint density at radius 1 is 1.09 bits per heavy atom. The quantitative estimate of drug-likeness (QED) is 0.463. The van der Waals surface area contributed by atoms with Crippen LogP contribution in [-0.2, 0) is 22.6 Å². The highest BCUT2D eigenvalue weighted by atomic mass is 19.2. The minimum absolute atomic E-state index is 0.0195. The number of amides is 1. The molecular weight excluding hydrogens is 438 g/mol. The normalized spacial score (nSPS) is 18.3. The van der Waals surface area contributed by atoms with E-state index in [-0.39, 0.29) is 18.0 Å². The van der Waals surface area contributed by atoms with Gasteiger partial charge >= 0.3 is 0 Å². The molecule has 0 saturated carbocycles. The Morgan fingerprint density at radius 2 is 1.79 bits per heavy atom. The lowest BCUT2D eigenvalue weighted by Crippen LogP contribution is -2.43. The number of benzene rings is 2. The van der Waals surface area contributed by atoms with E-state index in [2.05, 4.69) is 58.5 Å². The van der Waals surface area contributed by atoms with Crippen LogP contribution in [0.2, 0.25) is 0 Å². The molecule has 0 radical (unpaired) electrons. The predicted molar refractivity (Wildman–Crippen MR) is 131 cm³/mol. The van der Waals surface area contributed by atoms with Crippen molar-refractivity contribution in [1.29, 1.82) is 0 Å². The molecule has 1 amide bonds. The number of carbonyl (C=O) groups excluding carboxylic acids is 1. The summed E-state index contributed by atoms with van der Waals surface area (Å²) in [6, 6.07) is 12.2. The summed E-state index contributed by atoms with van der Waals surface area (Å²) in [4.78, 5) is 17.4. The van der Waals surface area contributed by atoms with Crippen molar-refractivity contribution in [2.75, 3.05) is 44.8 Å². The van der Waals surface area contributed by atoms with E-state index in [0.29, 0.717) is 44.8 Å². The third-order valence-electron chi connectivity index (χ3n) is 6.34. The predicted octanol–water partition coefficient (Wildman–Crippen LogP) is 3.31. The number of rotatable bonds is 12. The third-order valence-corrected chi connectivity index (χ3v) is 6.34. The maximum Gasteiger partial charge on any atom is 0.237 e. The smallest absolute Gasteiger partial charge is 0.237 e. The SMILES string of the molecule is CCN(CC)c1ccc(CN2C[C@@H](NCc3ccc(F)c(F)c3)C[C@H]2C(=O)NCCOC)cc1. The topological polar surface area (TPSA) is 56.8 Å². The van der Waals surface area contributed by atoms with Crippen LogP contribution in [0.15, 0.2) is 42.5 Å². The number of methoxy groups -OCH3 is 1. The molecule has 0 aliphatic carbocycles. The zero-order chi connectivity index (χ0) is 24.5. The first kappa shape index (κ1) is 26.1. The lowest BCUT2D eigenvalue weighted by atomic mass is 10.1. The summed E-state index contributed by atoms with van der Waals surface area (Å²) >= 11 is 0. The molecule has 2 atom stereocenters. The number of anilines is 1. The van der Waals surface area contributed by atoms with Crippen molar-refractivity contribution in [3.63, 3.8) is 0 Å². The Hall–Kier alpha value is -2.55. The largest absolute Gasteiger partial charge is 0.383 e. The summed E-state index contributed by atoms with van der Waals surface area (Å²) in [5.41, 5.74) is 3.01. The van der Waals surface area contributed by atoms with Crippen LogP contribution in [0.1, 0.15) is 31.4 Å². The van der Waals surface area contributed by atoms with E-state index >= 15 is 0 Å². The molecule has 0 unspecified atom stereocenters. The minimum Gasteiger partial charge on any atom is -0.383 e. The van der Waals surface area contributed by atoms with Crippen LogP contribution >= 0.6 is 0 Å². The van der Waals surface area contributed by atoms with Gasteiger partial charge in [-0.2, -0.15) is 0 Å². The molecule has 1 aliphatic heterocycles. The molecule has 1 aliphatic rings. The fourth-order valence-corrected chi connectivity index (χ4v) is 4.44. The molecule has 8 heteroatoms. The van der Waals surface area contributed by atoms with Gasteiger partial charge in [-0.25, -0.2) is 8.78 Å². The van der Waals surface area contributed by atoms with Crippen LogP contribution in [-0.4, -0.2) is 62.8 Å². The van der Waals surface area contributed by atoms with Gasteiger partial charge in [0.05, 0.1) is 12.6 Å². The van der Waals surface area contributed by atoms with Crippen molar-refractivity contribution in [1.82, 2.24) is 15.5 Å². The van der Waals surface area contributed by atoms with Crippen molar-refractivity contribution >= 4 is 11.6 Å². The number of nitrogens with zero attached hydrogens (tertiary/aromatic N) is 2. The van der Waals surface area contributed by atoms with E-state index in [1.807, 2.05) is 0 Å². The van der Waals surface area contributed by atoms with E-state index in [0.717, 1.165) is 24.7 Å². The average molecular weight is 475 g/mol. The molecule has 2 N–H and O–H groups in total. The molecule has 0 bridgehead atoms. The second-order valence-corrected chi connectivity index (χ2v) is 8.63. The lowest BCUT2D eigenvalue weighted by Gasteiger charge is -2.25. The Morgan fingerprint density at radius 3 is 2.44 bits per heavy atom. The maximum absolute atomic E-state index is 13.5. The monoisotopic (exact) mass is 474 g/mol. The molecular formula is C26H36F2N4O2. The van der Waals surface area contributed by atoms with Crippen molar-refractivity contribution in [3.8, 4) is 0 Å².